The minimum absolute atomic E-state index is 0.0177. The number of aromatic nitrogens is 1. The molecule has 2 fully saturated rings. The van der Waals surface area contributed by atoms with E-state index in [0.717, 1.165) is 12.6 Å². The van der Waals surface area contributed by atoms with Crippen molar-refractivity contribution < 1.29 is 14.0 Å². The van der Waals surface area contributed by atoms with E-state index in [1.165, 1.54) is 17.3 Å². The third-order valence-electron chi connectivity index (χ3n) is 5.79. The fourth-order valence-electron chi connectivity index (χ4n) is 4.11. The standard InChI is InChI=1S/C21H22FN3O2/c1-14-2-4-16(5-3-14)21-10-17(21)12-25(13-21)20(27)19(26)24-9-7-15-6-8-23-11-18(15)22/h2-6,8,11,17H,7,9-10,12-13H2,1H3,(H,24,26)/t17-,21+/m0/s1. The van der Waals surface area contributed by atoms with Gasteiger partial charge in [0, 0.05) is 31.2 Å². The van der Waals surface area contributed by atoms with Crippen molar-refractivity contribution in [3.8, 4) is 0 Å². The zero-order chi connectivity index (χ0) is 19.0. The normalized spacial score (nSPS) is 23.0. The number of aryl methyl sites for hydroxylation is 1. The van der Waals surface area contributed by atoms with Gasteiger partial charge in [0.05, 0.1) is 6.20 Å². The molecule has 0 unspecified atom stereocenters. The van der Waals surface area contributed by atoms with Crippen LogP contribution in [0, 0.1) is 18.7 Å². The number of hydrogen-bond acceptors (Lipinski definition) is 3. The van der Waals surface area contributed by atoms with Crippen LogP contribution in [0.4, 0.5) is 4.39 Å². The highest BCUT2D eigenvalue weighted by Crippen LogP contribution is 2.58. The SMILES string of the molecule is Cc1ccc([C@]23C[C@H]2CN(C(=O)C(=O)NCCc2ccncc2F)C3)cc1. The van der Waals surface area contributed by atoms with Gasteiger partial charge in [-0.25, -0.2) is 4.39 Å². The van der Waals surface area contributed by atoms with Gasteiger partial charge in [-0.2, -0.15) is 0 Å². The molecule has 4 rings (SSSR count). The van der Waals surface area contributed by atoms with Crippen LogP contribution in [-0.2, 0) is 21.4 Å². The van der Waals surface area contributed by atoms with Crippen LogP contribution < -0.4 is 5.32 Å². The number of benzene rings is 1. The highest BCUT2D eigenvalue weighted by atomic mass is 19.1. The molecule has 140 valence electrons. The van der Waals surface area contributed by atoms with Crippen LogP contribution in [0.2, 0.25) is 0 Å². The Bertz CT molecular complexity index is 883. The van der Waals surface area contributed by atoms with Gasteiger partial charge in [0.1, 0.15) is 5.82 Å². The molecule has 2 aromatic rings. The highest BCUT2D eigenvalue weighted by Gasteiger charge is 2.61. The van der Waals surface area contributed by atoms with E-state index in [0.29, 0.717) is 31.0 Å². The van der Waals surface area contributed by atoms with Crippen molar-refractivity contribution in [3.63, 3.8) is 0 Å². The summed E-state index contributed by atoms with van der Waals surface area (Å²) in [6.07, 6.45) is 4.04. The molecule has 5 nitrogen and oxygen atoms in total. The molecule has 0 bridgehead atoms. The molecule has 27 heavy (non-hydrogen) atoms. The van der Waals surface area contributed by atoms with E-state index >= 15 is 0 Å². The number of carbonyl (C=O) groups is 2. The third kappa shape index (κ3) is 3.31. The molecule has 6 heteroatoms. The fraction of sp³-hybridized carbons (Fsp3) is 0.381. The first kappa shape index (κ1) is 17.6. The minimum Gasteiger partial charge on any atom is -0.347 e. The van der Waals surface area contributed by atoms with Crippen molar-refractivity contribution in [1.29, 1.82) is 0 Å². The van der Waals surface area contributed by atoms with Gasteiger partial charge in [-0.15, -0.1) is 0 Å². The number of piperidine rings is 1. The van der Waals surface area contributed by atoms with Crippen LogP contribution >= 0.6 is 0 Å². The number of nitrogens with zero attached hydrogens (tertiary/aromatic N) is 2. The summed E-state index contributed by atoms with van der Waals surface area (Å²) in [6.45, 7) is 3.48. The molecule has 1 N–H and O–H groups in total. The van der Waals surface area contributed by atoms with E-state index in [2.05, 4.69) is 41.5 Å². The molecule has 1 aliphatic heterocycles. The van der Waals surface area contributed by atoms with E-state index in [9.17, 15) is 14.0 Å². The molecule has 1 aliphatic carbocycles. The molecule has 1 aromatic heterocycles. The summed E-state index contributed by atoms with van der Waals surface area (Å²) in [7, 11) is 0. The maximum Gasteiger partial charge on any atom is 0.311 e. The Hall–Kier alpha value is -2.76. The summed E-state index contributed by atoms with van der Waals surface area (Å²) in [5, 5.41) is 2.61. The Kier molecular flexibility index (Phi) is 4.42. The highest BCUT2D eigenvalue weighted by molar-refractivity contribution is 6.35. The molecule has 1 saturated heterocycles. The van der Waals surface area contributed by atoms with Gasteiger partial charge in [-0.3, -0.25) is 14.6 Å². The molecule has 0 spiro atoms. The molecular weight excluding hydrogens is 345 g/mol. The summed E-state index contributed by atoms with van der Waals surface area (Å²) >= 11 is 0. The number of halogens is 1. The molecule has 2 aliphatic rings. The molecule has 2 amide bonds. The lowest BCUT2D eigenvalue weighted by Crippen LogP contribution is -2.44. The number of amides is 2. The lowest BCUT2D eigenvalue weighted by atomic mass is 9.94. The molecule has 2 atom stereocenters. The quantitative estimate of drug-likeness (QED) is 0.841. The first-order chi connectivity index (χ1) is 13.0. The predicted octanol–water partition coefficient (Wildman–Crippen LogP) is 1.99. The zero-order valence-corrected chi connectivity index (χ0v) is 15.2. The third-order valence-corrected chi connectivity index (χ3v) is 5.79. The summed E-state index contributed by atoms with van der Waals surface area (Å²) in [6, 6.07) is 10.0. The molecule has 1 saturated carbocycles. The molecule has 2 heterocycles. The lowest BCUT2D eigenvalue weighted by molar-refractivity contribution is -0.145. The van der Waals surface area contributed by atoms with Crippen molar-refractivity contribution >= 4 is 11.8 Å². The summed E-state index contributed by atoms with van der Waals surface area (Å²) in [5.74, 6) is -1.09. The van der Waals surface area contributed by atoms with E-state index < -0.39 is 17.6 Å². The molecular formula is C21H22FN3O2. The average molecular weight is 367 g/mol. The van der Waals surface area contributed by atoms with Gasteiger partial charge in [-0.05, 0) is 42.9 Å². The summed E-state index contributed by atoms with van der Waals surface area (Å²) < 4.78 is 13.5. The van der Waals surface area contributed by atoms with E-state index in [4.69, 9.17) is 0 Å². The first-order valence-electron chi connectivity index (χ1n) is 9.22. The summed E-state index contributed by atoms with van der Waals surface area (Å²) in [4.78, 5) is 30.0. The number of likely N-dealkylation sites (tertiary alicyclic amines) is 1. The number of carbonyl (C=O) groups excluding carboxylic acids is 2. The smallest absolute Gasteiger partial charge is 0.311 e. The lowest BCUT2D eigenvalue weighted by Gasteiger charge is -2.21. The van der Waals surface area contributed by atoms with E-state index in [1.807, 2.05) is 0 Å². The van der Waals surface area contributed by atoms with Crippen LogP contribution in [0.15, 0.2) is 42.7 Å². The average Bonchev–Trinajstić information content (AvgIpc) is 3.24. The molecule has 1 aromatic carbocycles. The van der Waals surface area contributed by atoms with Crippen LogP contribution in [0.1, 0.15) is 23.1 Å². The minimum atomic E-state index is -0.621. The van der Waals surface area contributed by atoms with Gasteiger partial charge in [-0.1, -0.05) is 29.8 Å². The van der Waals surface area contributed by atoms with Crippen LogP contribution in [-0.4, -0.2) is 41.3 Å². The molecule has 0 radical (unpaired) electrons. The monoisotopic (exact) mass is 367 g/mol. The number of fused-ring (bicyclic) bond motifs is 1. The van der Waals surface area contributed by atoms with Gasteiger partial charge >= 0.3 is 11.8 Å². The largest absolute Gasteiger partial charge is 0.347 e. The second-order valence-electron chi connectivity index (χ2n) is 7.58. The Morgan fingerprint density at radius 2 is 2.07 bits per heavy atom. The van der Waals surface area contributed by atoms with Crippen LogP contribution in [0.25, 0.3) is 0 Å². The Balaban J connectivity index is 1.32. The van der Waals surface area contributed by atoms with E-state index in [1.54, 1.807) is 11.0 Å². The van der Waals surface area contributed by atoms with Gasteiger partial charge < -0.3 is 10.2 Å². The number of nitrogens with one attached hydrogen (secondary N) is 1. The maximum absolute atomic E-state index is 13.5. The van der Waals surface area contributed by atoms with Crippen molar-refractivity contribution in [2.75, 3.05) is 19.6 Å². The second kappa shape index (κ2) is 6.76. The fourth-order valence-corrected chi connectivity index (χ4v) is 4.11. The number of pyridine rings is 1. The predicted molar refractivity (Wildman–Crippen MR) is 98.5 cm³/mol. The van der Waals surface area contributed by atoms with Crippen molar-refractivity contribution in [3.05, 3.63) is 65.2 Å². The number of rotatable bonds is 4. The Labute approximate surface area is 157 Å². The van der Waals surface area contributed by atoms with Crippen LogP contribution in [0.5, 0.6) is 0 Å². The van der Waals surface area contributed by atoms with Crippen molar-refractivity contribution in [2.45, 2.75) is 25.2 Å². The van der Waals surface area contributed by atoms with Gasteiger partial charge in [0.25, 0.3) is 0 Å². The van der Waals surface area contributed by atoms with Crippen LogP contribution in [0.3, 0.4) is 0 Å². The maximum atomic E-state index is 13.5. The second-order valence-corrected chi connectivity index (χ2v) is 7.58. The summed E-state index contributed by atoms with van der Waals surface area (Å²) in [5.41, 5.74) is 2.95. The Morgan fingerprint density at radius 1 is 1.30 bits per heavy atom. The number of hydrogen-bond donors (Lipinski definition) is 1. The van der Waals surface area contributed by atoms with Gasteiger partial charge in [0.15, 0.2) is 0 Å². The topological polar surface area (TPSA) is 62.3 Å². The zero-order valence-electron chi connectivity index (χ0n) is 15.2. The Morgan fingerprint density at radius 3 is 2.81 bits per heavy atom. The first-order valence-corrected chi connectivity index (χ1v) is 9.22. The van der Waals surface area contributed by atoms with E-state index in [-0.39, 0.29) is 12.0 Å². The van der Waals surface area contributed by atoms with Gasteiger partial charge in [0.2, 0.25) is 0 Å². The van der Waals surface area contributed by atoms with Crippen molar-refractivity contribution in [1.82, 2.24) is 15.2 Å². The van der Waals surface area contributed by atoms with Crippen molar-refractivity contribution in [2.24, 2.45) is 5.92 Å².